The summed E-state index contributed by atoms with van der Waals surface area (Å²) in [6.45, 7) is 4.34. The molecule has 0 aromatic heterocycles. The van der Waals surface area contributed by atoms with Gasteiger partial charge in [0.2, 0.25) is 15.9 Å². The lowest BCUT2D eigenvalue weighted by molar-refractivity contribution is -0.117. The van der Waals surface area contributed by atoms with Crippen LogP contribution < -0.4 is 10.2 Å². The number of hydrogen-bond donors (Lipinski definition) is 1. The number of piperazine rings is 1. The molecule has 0 unspecified atom stereocenters. The van der Waals surface area contributed by atoms with Gasteiger partial charge >= 0.3 is 6.09 Å². The van der Waals surface area contributed by atoms with E-state index in [-0.39, 0.29) is 23.4 Å². The van der Waals surface area contributed by atoms with E-state index in [0.29, 0.717) is 44.2 Å². The highest BCUT2D eigenvalue weighted by Crippen LogP contribution is 2.28. The molecular formula is C19H31N5O5S. The van der Waals surface area contributed by atoms with Crippen LogP contribution in [-0.4, -0.2) is 102 Å². The summed E-state index contributed by atoms with van der Waals surface area (Å²) in [6, 6.07) is 4.67. The molecule has 168 valence electrons. The molecule has 0 saturated carbocycles. The monoisotopic (exact) mass is 441 g/mol. The second-order valence-electron chi connectivity index (χ2n) is 7.37. The van der Waals surface area contributed by atoms with Crippen LogP contribution in [0.15, 0.2) is 23.1 Å². The van der Waals surface area contributed by atoms with E-state index in [2.05, 4.69) is 5.32 Å². The average Bonchev–Trinajstić information content (AvgIpc) is 2.68. The van der Waals surface area contributed by atoms with Crippen LogP contribution in [-0.2, 0) is 19.6 Å². The molecule has 0 spiro atoms. The molecule has 0 bridgehead atoms. The zero-order valence-electron chi connectivity index (χ0n) is 18.2. The number of amides is 2. The van der Waals surface area contributed by atoms with Crippen LogP contribution in [0.4, 0.5) is 16.2 Å². The summed E-state index contributed by atoms with van der Waals surface area (Å²) in [7, 11) is 2.94. The van der Waals surface area contributed by atoms with Gasteiger partial charge in [-0.05, 0) is 25.1 Å². The predicted octanol–water partition coefficient (Wildman–Crippen LogP) is 0.716. The number of carbonyl (C=O) groups excluding carboxylic acids is 2. The molecule has 30 heavy (non-hydrogen) atoms. The molecule has 1 aromatic carbocycles. The number of hydrogen-bond acceptors (Lipinski definition) is 7. The Balaban J connectivity index is 2.06. The van der Waals surface area contributed by atoms with Crippen LogP contribution in [0.5, 0.6) is 0 Å². The second-order valence-corrected chi connectivity index (χ2v) is 9.52. The molecule has 1 aromatic rings. The Morgan fingerprint density at radius 3 is 2.27 bits per heavy atom. The Labute approximate surface area is 178 Å². The number of carbonyl (C=O) groups is 2. The van der Waals surface area contributed by atoms with Crippen LogP contribution in [0, 0.1) is 0 Å². The van der Waals surface area contributed by atoms with E-state index in [9.17, 15) is 18.0 Å². The normalized spacial score (nSPS) is 15.2. The zero-order valence-corrected chi connectivity index (χ0v) is 19.0. The fraction of sp³-hybridized carbons (Fsp3) is 0.579. The fourth-order valence-electron chi connectivity index (χ4n) is 3.07. The van der Waals surface area contributed by atoms with Gasteiger partial charge in [-0.3, -0.25) is 9.69 Å². The summed E-state index contributed by atoms with van der Waals surface area (Å²) < 4.78 is 31.0. The predicted molar refractivity (Wildman–Crippen MR) is 115 cm³/mol. The van der Waals surface area contributed by atoms with Crippen LogP contribution in [0.3, 0.4) is 0 Å². The van der Waals surface area contributed by atoms with Crippen molar-refractivity contribution < 1.29 is 22.7 Å². The molecule has 1 fully saturated rings. The number of benzene rings is 1. The summed E-state index contributed by atoms with van der Waals surface area (Å²) in [5.41, 5.74) is 1.13. The van der Waals surface area contributed by atoms with Crippen molar-refractivity contribution in [2.24, 2.45) is 0 Å². The average molecular weight is 442 g/mol. The first-order chi connectivity index (χ1) is 14.1. The van der Waals surface area contributed by atoms with Crippen LogP contribution in [0.2, 0.25) is 0 Å². The number of nitrogens with zero attached hydrogens (tertiary/aromatic N) is 4. The van der Waals surface area contributed by atoms with Crippen molar-refractivity contribution in [2.75, 3.05) is 77.7 Å². The molecule has 1 saturated heterocycles. The van der Waals surface area contributed by atoms with Crippen LogP contribution in [0.25, 0.3) is 0 Å². The largest absolute Gasteiger partial charge is 0.450 e. The van der Waals surface area contributed by atoms with Gasteiger partial charge in [-0.15, -0.1) is 0 Å². The smallest absolute Gasteiger partial charge is 0.409 e. The maximum atomic E-state index is 12.6. The summed E-state index contributed by atoms with van der Waals surface area (Å²) >= 11 is 0. The Morgan fingerprint density at radius 1 is 1.10 bits per heavy atom. The SMILES string of the molecule is CCOC(=O)N1CCN(CC(=O)Nc2cc(S(=O)(=O)N(C)C)ccc2N(C)C)CC1. The molecule has 1 aliphatic rings. The molecule has 0 aliphatic carbocycles. The molecular weight excluding hydrogens is 410 g/mol. The number of ether oxygens (including phenoxy) is 1. The maximum absolute atomic E-state index is 12.6. The Kier molecular flexibility index (Phi) is 8.04. The first kappa shape index (κ1) is 23.9. The van der Waals surface area contributed by atoms with E-state index in [0.717, 1.165) is 4.31 Å². The quantitative estimate of drug-likeness (QED) is 0.665. The van der Waals surface area contributed by atoms with Gasteiger partial charge < -0.3 is 19.9 Å². The van der Waals surface area contributed by atoms with Crippen molar-refractivity contribution in [1.82, 2.24) is 14.1 Å². The lowest BCUT2D eigenvalue weighted by Gasteiger charge is -2.33. The highest BCUT2D eigenvalue weighted by Gasteiger charge is 2.24. The molecule has 11 heteroatoms. The molecule has 0 atom stereocenters. The van der Waals surface area contributed by atoms with E-state index in [1.54, 1.807) is 22.8 Å². The van der Waals surface area contributed by atoms with Crippen LogP contribution in [0.1, 0.15) is 6.92 Å². The van der Waals surface area contributed by atoms with Gasteiger partial charge in [0.25, 0.3) is 0 Å². The van der Waals surface area contributed by atoms with Crippen molar-refractivity contribution >= 4 is 33.4 Å². The van der Waals surface area contributed by atoms with E-state index in [4.69, 9.17) is 4.74 Å². The third-order valence-electron chi connectivity index (χ3n) is 4.77. The zero-order chi connectivity index (χ0) is 22.5. The Hall–Kier alpha value is -2.37. The minimum atomic E-state index is -3.62. The van der Waals surface area contributed by atoms with E-state index in [1.165, 1.54) is 26.2 Å². The summed E-state index contributed by atoms with van der Waals surface area (Å²) in [4.78, 5) is 29.9. The van der Waals surface area contributed by atoms with E-state index >= 15 is 0 Å². The highest BCUT2D eigenvalue weighted by atomic mass is 32.2. The number of anilines is 2. The highest BCUT2D eigenvalue weighted by molar-refractivity contribution is 7.89. The summed E-state index contributed by atoms with van der Waals surface area (Å²) in [6.07, 6.45) is -0.337. The first-order valence-electron chi connectivity index (χ1n) is 9.74. The lowest BCUT2D eigenvalue weighted by Crippen LogP contribution is -2.50. The number of rotatable bonds is 7. The van der Waals surface area contributed by atoms with Gasteiger partial charge in [0, 0.05) is 54.4 Å². The van der Waals surface area contributed by atoms with Crippen molar-refractivity contribution in [3.63, 3.8) is 0 Å². The molecule has 10 nitrogen and oxygen atoms in total. The molecule has 2 rings (SSSR count). The minimum Gasteiger partial charge on any atom is -0.450 e. The van der Waals surface area contributed by atoms with Crippen molar-refractivity contribution in [3.8, 4) is 0 Å². The number of nitrogens with one attached hydrogen (secondary N) is 1. The standard InChI is InChI=1S/C19H31N5O5S/c1-6-29-19(26)24-11-9-23(10-12-24)14-18(25)20-16-13-15(30(27,28)22(4)5)7-8-17(16)21(2)3/h7-8,13H,6,9-12,14H2,1-5H3,(H,20,25). The fourth-order valence-corrected chi connectivity index (χ4v) is 4.00. The van der Waals surface area contributed by atoms with Crippen molar-refractivity contribution in [3.05, 3.63) is 18.2 Å². The molecule has 1 heterocycles. The van der Waals surface area contributed by atoms with Gasteiger partial charge in [-0.1, -0.05) is 0 Å². The maximum Gasteiger partial charge on any atom is 0.409 e. The second kappa shape index (κ2) is 10.1. The molecule has 1 aliphatic heterocycles. The Bertz CT molecular complexity index is 864. The summed E-state index contributed by atoms with van der Waals surface area (Å²) in [5.74, 6) is -0.248. The molecule has 0 radical (unpaired) electrons. The van der Waals surface area contributed by atoms with Crippen LogP contribution >= 0.6 is 0 Å². The third-order valence-corrected chi connectivity index (χ3v) is 6.58. The van der Waals surface area contributed by atoms with Gasteiger partial charge in [-0.2, -0.15) is 0 Å². The van der Waals surface area contributed by atoms with E-state index < -0.39 is 10.0 Å². The van der Waals surface area contributed by atoms with Gasteiger partial charge in [0.1, 0.15) is 0 Å². The van der Waals surface area contributed by atoms with Crippen molar-refractivity contribution in [1.29, 1.82) is 0 Å². The first-order valence-corrected chi connectivity index (χ1v) is 11.2. The summed E-state index contributed by atoms with van der Waals surface area (Å²) in [5, 5.41) is 2.83. The van der Waals surface area contributed by atoms with Crippen molar-refractivity contribution in [2.45, 2.75) is 11.8 Å². The Morgan fingerprint density at radius 2 is 1.73 bits per heavy atom. The number of sulfonamides is 1. The van der Waals surface area contributed by atoms with Gasteiger partial charge in [0.05, 0.1) is 29.4 Å². The minimum absolute atomic E-state index is 0.108. The van der Waals surface area contributed by atoms with E-state index in [1.807, 2.05) is 19.0 Å². The third kappa shape index (κ3) is 5.83. The lowest BCUT2D eigenvalue weighted by atomic mass is 10.2. The molecule has 1 N–H and O–H groups in total. The topological polar surface area (TPSA) is 102 Å². The van der Waals surface area contributed by atoms with Gasteiger partial charge in [0.15, 0.2) is 0 Å². The molecule has 2 amide bonds. The van der Waals surface area contributed by atoms with Gasteiger partial charge in [-0.25, -0.2) is 17.5 Å².